The minimum Gasteiger partial charge on any atom is -0.289 e. The number of nitrogens with zero attached hydrogens (tertiary/aromatic N) is 1. The van der Waals surface area contributed by atoms with Crippen molar-refractivity contribution in [3.8, 4) is 0 Å². The normalized spacial score (nSPS) is 30.9. The highest BCUT2D eigenvalue weighted by Gasteiger charge is 2.24. The van der Waals surface area contributed by atoms with Gasteiger partial charge in [-0.25, -0.2) is 4.39 Å². The van der Waals surface area contributed by atoms with E-state index in [0.717, 1.165) is 13.0 Å². The molecular weight excluding hydrogens is 149 g/mol. The first kappa shape index (κ1) is 8.34. The van der Waals surface area contributed by atoms with E-state index in [1.807, 2.05) is 0 Å². The van der Waals surface area contributed by atoms with E-state index in [1.165, 1.54) is 0 Å². The van der Waals surface area contributed by atoms with Crippen LogP contribution in [0.1, 0.15) is 13.3 Å². The van der Waals surface area contributed by atoms with Gasteiger partial charge in [0.2, 0.25) is 0 Å². The third-order valence-corrected chi connectivity index (χ3v) is 3.00. The SMILES string of the molecule is CSC(C)N1CC[C@@H](F)C1. The summed E-state index contributed by atoms with van der Waals surface area (Å²) in [6.45, 7) is 3.70. The number of likely N-dealkylation sites (tertiary alicyclic amines) is 1. The molecule has 1 aliphatic rings. The van der Waals surface area contributed by atoms with Crippen LogP contribution in [0.3, 0.4) is 0 Å². The predicted octanol–water partition coefficient (Wildman–Crippen LogP) is 1.74. The predicted molar refractivity (Wildman–Crippen MR) is 44.1 cm³/mol. The average molecular weight is 163 g/mol. The van der Waals surface area contributed by atoms with Gasteiger partial charge in [0.1, 0.15) is 6.17 Å². The monoisotopic (exact) mass is 163 g/mol. The molecule has 2 atom stereocenters. The highest BCUT2D eigenvalue weighted by Crippen LogP contribution is 2.19. The van der Waals surface area contributed by atoms with E-state index in [0.29, 0.717) is 11.9 Å². The summed E-state index contributed by atoms with van der Waals surface area (Å²) in [4.78, 5) is 2.19. The maximum Gasteiger partial charge on any atom is 0.114 e. The van der Waals surface area contributed by atoms with E-state index < -0.39 is 6.17 Å². The van der Waals surface area contributed by atoms with E-state index in [9.17, 15) is 4.39 Å². The number of halogens is 1. The summed E-state index contributed by atoms with van der Waals surface area (Å²) >= 11 is 1.78. The Bertz CT molecular complexity index is 110. The van der Waals surface area contributed by atoms with Gasteiger partial charge in [-0.3, -0.25) is 4.90 Å². The van der Waals surface area contributed by atoms with Crippen molar-refractivity contribution >= 4 is 11.8 Å². The molecule has 0 aliphatic carbocycles. The van der Waals surface area contributed by atoms with Gasteiger partial charge >= 0.3 is 0 Å². The molecule has 1 fully saturated rings. The second-order valence-electron chi connectivity index (χ2n) is 2.72. The van der Waals surface area contributed by atoms with Gasteiger partial charge in [-0.1, -0.05) is 0 Å². The third kappa shape index (κ3) is 1.86. The van der Waals surface area contributed by atoms with Crippen LogP contribution in [0.5, 0.6) is 0 Å². The van der Waals surface area contributed by atoms with E-state index in [-0.39, 0.29) is 0 Å². The highest BCUT2D eigenvalue weighted by atomic mass is 32.2. The Balaban J connectivity index is 2.29. The first-order valence-electron chi connectivity index (χ1n) is 3.65. The Morgan fingerprint density at radius 3 is 2.80 bits per heavy atom. The summed E-state index contributed by atoms with van der Waals surface area (Å²) in [5.41, 5.74) is 0. The van der Waals surface area contributed by atoms with Crippen LogP contribution in [0.15, 0.2) is 0 Å². The van der Waals surface area contributed by atoms with Crippen molar-refractivity contribution in [2.24, 2.45) is 0 Å². The maximum absolute atomic E-state index is 12.6. The Kier molecular flexibility index (Phi) is 2.98. The fraction of sp³-hybridized carbons (Fsp3) is 1.00. The lowest BCUT2D eigenvalue weighted by molar-refractivity contribution is 0.283. The van der Waals surface area contributed by atoms with Crippen LogP contribution in [0, 0.1) is 0 Å². The maximum atomic E-state index is 12.6. The molecule has 1 saturated heterocycles. The Hall–Kier alpha value is 0.240. The average Bonchev–Trinajstić information content (AvgIpc) is 2.34. The molecule has 0 radical (unpaired) electrons. The number of rotatable bonds is 2. The molecule has 0 amide bonds. The quantitative estimate of drug-likeness (QED) is 0.610. The van der Waals surface area contributed by atoms with Gasteiger partial charge in [0.15, 0.2) is 0 Å². The Morgan fingerprint density at radius 2 is 2.40 bits per heavy atom. The minimum absolute atomic E-state index is 0.487. The molecule has 0 aromatic carbocycles. The summed E-state index contributed by atoms with van der Waals surface area (Å²) in [5.74, 6) is 0. The van der Waals surface area contributed by atoms with E-state index in [4.69, 9.17) is 0 Å². The molecular formula is C7H14FNS. The molecule has 0 spiro atoms. The van der Waals surface area contributed by atoms with Crippen molar-refractivity contribution in [3.63, 3.8) is 0 Å². The van der Waals surface area contributed by atoms with Gasteiger partial charge in [-0.15, -0.1) is 11.8 Å². The lowest BCUT2D eigenvalue weighted by Crippen LogP contribution is -2.28. The molecule has 60 valence electrons. The van der Waals surface area contributed by atoms with Crippen molar-refractivity contribution < 1.29 is 4.39 Å². The van der Waals surface area contributed by atoms with Crippen LogP contribution in [-0.2, 0) is 0 Å². The minimum atomic E-state index is -0.574. The summed E-state index contributed by atoms with van der Waals surface area (Å²) in [5, 5.41) is 0.487. The molecule has 0 aromatic rings. The molecule has 1 rings (SSSR count). The van der Waals surface area contributed by atoms with Crippen molar-refractivity contribution in [2.45, 2.75) is 24.9 Å². The molecule has 0 bridgehead atoms. The topological polar surface area (TPSA) is 3.24 Å². The molecule has 0 aromatic heterocycles. The zero-order valence-corrected chi connectivity index (χ0v) is 7.33. The summed E-state index contributed by atoms with van der Waals surface area (Å²) in [6, 6.07) is 0. The lowest BCUT2D eigenvalue weighted by atomic mass is 10.3. The molecule has 1 unspecified atom stereocenters. The molecule has 0 saturated carbocycles. The number of hydrogen-bond acceptors (Lipinski definition) is 2. The zero-order chi connectivity index (χ0) is 7.56. The number of alkyl halides is 1. The zero-order valence-electron chi connectivity index (χ0n) is 6.51. The fourth-order valence-electron chi connectivity index (χ4n) is 1.22. The van der Waals surface area contributed by atoms with E-state index >= 15 is 0 Å². The summed E-state index contributed by atoms with van der Waals surface area (Å²) in [6.07, 6.45) is 2.22. The highest BCUT2D eigenvalue weighted by molar-refractivity contribution is 7.99. The second-order valence-corrected chi connectivity index (χ2v) is 3.87. The molecule has 1 heterocycles. The van der Waals surface area contributed by atoms with Crippen LogP contribution in [0.4, 0.5) is 4.39 Å². The molecule has 0 N–H and O–H groups in total. The largest absolute Gasteiger partial charge is 0.289 e. The van der Waals surface area contributed by atoms with E-state index in [2.05, 4.69) is 18.1 Å². The summed E-state index contributed by atoms with van der Waals surface area (Å²) in [7, 11) is 0. The van der Waals surface area contributed by atoms with Crippen LogP contribution < -0.4 is 0 Å². The number of hydrogen-bond donors (Lipinski definition) is 0. The smallest absolute Gasteiger partial charge is 0.114 e. The van der Waals surface area contributed by atoms with Gasteiger partial charge < -0.3 is 0 Å². The standard InChI is InChI=1S/C7H14FNS/c1-6(10-2)9-4-3-7(8)5-9/h6-7H,3-5H2,1-2H3/t6?,7-/m1/s1. The molecule has 10 heavy (non-hydrogen) atoms. The van der Waals surface area contributed by atoms with Crippen molar-refractivity contribution in [2.75, 3.05) is 19.3 Å². The van der Waals surface area contributed by atoms with Gasteiger partial charge in [-0.05, 0) is 19.6 Å². The molecule has 1 aliphatic heterocycles. The Labute approximate surface area is 66.0 Å². The van der Waals surface area contributed by atoms with Crippen molar-refractivity contribution in [1.82, 2.24) is 4.90 Å². The fourth-order valence-corrected chi connectivity index (χ4v) is 1.71. The van der Waals surface area contributed by atoms with Crippen LogP contribution in [0.25, 0.3) is 0 Å². The molecule has 1 nitrogen and oxygen atoms in total. The number of thioether (sulfide) groups is 1. The van der Waals surface area contributed by atoms with Gasteiger partial charge in [0, 0.05) is 13.1 Å². The van der Waals surface area contributed by atoms with Crippen LogP contribution >= 0.6 is 11.8 Å². The first-order chi connectivity index (χ1) is 4.74. The Morgan fingerprint density at radius 1 is 1.70 bits per heavy atom. The van der Waals surface area contributed by atoms with Crippen molar-refractivity contribution in [3.05, 3.63) is 0 Å². The third-order valence-electron chi connectivity index (χ3n) is 2.02. The second kappa shape index (κ2) is 3.58. The summed E-state index contributed by atoms with van der Waals surface area (Å²) < 4.78 is 12.6. The van der Waals surface area contributed by atoms with Gasteiger partial charge in [0.25, 0.3) is 0 Å². The van der Waals surface area contributed by atoms with Crippen LogP contribution in [-0.4, -0.2) is 35.8 Å². The molecule has 3 heteroatoms. The van der Waals surface area contributed by atoms with Crippen LogP contribution in [0.2, 0.25) is 0 Å². The lowest BCUT2D eigenvalue weighted by Gasteiger charge is -2.20. The van der Waals surface area contributed by atoms with Gasteiger partial charge in [-0.2, -0.15) is 0 Å². The van der Waals surface area contributed by atoms with Gasteiger partial charge in [0.05, 0.1) is 5.37 Å². The van der Waals surface area contributed by atoms with E-state index in [1.54, 1.807) is 11.8 Å². The first-order valence-corrected chi connectivity index (χ1v) is 4.93. The van der Waals surface area contributed by atoms with Crippen molar-refractivity contribution in [1.29, 1.82) is 0 Å².